The van der Waals surface area contributed by atoms with Gasteiger partial charge in [0.15, 0.2) is 0 Å². The van der Waals surface area contributed by atoms with Crippen LogP contribution in [-0.2, 0) is 11.2 Å². The molecule has 118 valence electrons. The molecule has 0 radical (unpaired) electrons. The Labute approximate surface area is 127 Å². The van der Waals surface area contributed by atoms with Gasteiger partial charge in [-0.15, -0.1) is 0 Å². The average Bonchev–Trinajstić information content (AvgIpc) is 3.00. The second-order valence-electron chi connectivity index (χ2n) is 6.61. The van der Waals surface area contributed by atoms with Crippen LogP contribution in [0.4, 0.5) is 0 Å². The van der Waals surface area contributed by atoms with E-state index in [1.807, 2.05) is 25.8 Å². The first-order valence-corrected chi connectivity index (χ1v) is 7.87. The Hall–Kier alpha value is -1.36. The summed E-state index contributed by atoms with van der Waals surface area (Å²) in [5.74, 6) is 0.790. The Morgan fingerprint density at radius 3 is 2.71 bits per heavy atom. The maximum absolute atomic E-state index is 12.4. The largest absolute Gasteiger partial charge is 0.345 e. The Morgan fingerprint density at radius 2 is 2.19 bits per heavy atom. The smallest absolute Gasteiger partial charge is 0.226 e. The van der Waals surface area contributed by atoms with E-state index in [0.29, 0.717) is 18.4 Å². The number of hydrogen-bond acceptors (Lipinski definition) is 3. The second-order valence-corrected chi connectivity index (χ2v) is 6.61. The number of likely N-dealkylation sites (N-methyl/N-ethyl adjacent to an activating group) is 1. The lowest BCUT2D eigenvalue weighted by Crippen LogP contribution is -2.35. The molecular weight excluding hydrogens is 264 g/mol. The van der Waals surface area contributed by atoms with E-state index in [4.69, 9.17) is 0 Å². The van der Waals surface area contributed by atoms with Crippen LogP contribution in [0.5, 0.6) is 0 Å². The molecule has 1 aromatic heterocycles. The van der Waals surface area contributed by atoms with Crippen LogP contribution < -0.4 is 0 Å². The summed E-state index contributed by atoms with van der Waals surface area (Å²) < 4.78 is 0. The molecule has 5 nitrogen and oxygen atoms in total. The van der Waals surface area contributed by atoms with E-state index < -0.39 is 0 Å². The molecule has 5 heteroatoms. The number of rotatable bonds is 5. The zero-order chi connectivity index (χ0) is 15.6. The molecule has 0 unspecified atom stereocenters. The van der Waals surface area contributed by atoms with Gasteiger partial charge in [0, 0.05) is 37.4 Å². The fourth-order valence-corrected chi connectivity index (χ4v) is 3.09. The number of carbonyl (C=O) groups excluding carboxylic acids is 1. The zero-order valence-electron chi connectivity index (χ0n) is 13.9. The Morgan fingerprint density at radius 1 is 1.48 bits per heavy atom. The third kappa shape index (κ3) is 3.84. The maximum Gasteiger partial charge on any atom is 0.226 e. The number of hydrogen-bond donors (Lipinski definition) is 1. The predicted octanol–water partition coefficient (Wildman–Crippen LogP) is 1.76. The standard InChI is InChI=1S/C16H28N4O/c1-11(2)20-7-6-14(10-20)9-19(5)16(21)8-15-12(3)17-18-13(15)4/h11,14H,6-10H2,1-5H3,(H,17,18)/t14-/m0/s1. The lowest BCUT2D eigenvalue weighted by Gasteiger charge is -2.23. The van der Waals surface area contributed by atoms with E-state index in [1.165, 1.54) is 6.42 Å². The first-order valence-electron chi connectivity index (χ1n) is 7.87. The SMILES string of the molecule is Cc1n[nH]c(C)c1CC(=O)N(C)C[C@@H]1CCN(C(C)C)C1. The lowest BCUT2D eigenvalue weighted by atomic mass is 10.1. The fraction of sp³-hybridized carbons (Fsp3) is 0.750. The molecule has 0 saturated carbocycles. The molecule has 0 aromatic carbocycles. The molecule has 21 heavy (non-hydrogen) atoms. The molecule has 0 bridgehead atoms. The highest BCUT2D eigenvalue weighted by Crippen LogP contribution is 2.20. The van der Waals surface area contributed by atoms with Gasteiger partial charge < -0.3 is 9.80 Å². The van der Waals surface area contributed by atoms with Gasteiger partial charge in [-0.2, -0.15) is 5.10 Å². The van der Waals surface area contributed by atoms with Crippen LogP contribution in [0.25, 0.3) is 0 Å². The van der Waals surface area contributed by atoms with E-state index in [-0.39, 0.29) is 5.91 Å². The fourth-order valence-electron chi connectivity index (χ4n) is 3.09. The molecule has 1 aliphatic heterocycles. The van der Waals surface area contributed by atoms with Crippen LogP contribution in [0, 0.1) is 19.8 Å². The number of nitrogens with zero attached hydrogens (tertiary/aromatic N) is 3. The van der Waals surface area contributed by atoms with Crippen molar-refractivity contribution in [3.63, 3.8) is 0 Å². The van der Waals surface area contributed by atoms with Crippen molar-refractivity contribution in [1.29, 1.82) is 0 Å². The minimum atomic E-state index is 0.186. The summed E-state index contributed by atoms with van der Waals surface area (Å²) in [7, 11) is 1.92. The first-order chi connectivity index (χ1) is 9.88. The van der Waals surface area contributed by atoms with Crippen LogP contribution >= 0.6 is 0 Å². The molecular formula is C16H28N4O. The lowest BCUT2D eigenvalue weighted by molar-refractivity contribution is -0.129. The van der Waals surface area contributed by atoms with Gasteiger partial charge in [0.1, 0.15) is 0 Å². The molecule has 1 amide bonds. The van der Waals surface area contributed by atoms with Gasteiger partial charge >= 0.3 is 0 Å². The summed E-state index contributed by atoms with van der Waals surface area (Å²) in [5, 5.41) is 7.10. The zero-order valence-corrected chi connectivity index (χ0v) is 13.9. The van der Waals surface area contributed by atoms with E-state index in [0.717, 1.165) is 36.6 Å². The van der Waals surface area contributed by atoms with Crippen molar-refractivity contribution in [2.45, 2.75) is 46.6 Å². The Balaban J connectivity index is 1.86. The van der Waals surface area contributed by atoms with Gasteiger partial charge in [0.25, 0.3) is 0 Å². The third-order valence-corrected chi connectivity index (χ3v) is 4.61. The number of likely N-dealkylation sites (tertiary alicyclic amines) is 1. The Kier molecular flexibility index (Phi) is 5.04. The molecule has 1 saturated heterocycles. The molecule has 1 fully saturated rings. The number of H-pyrrole nitrogens is 1. The average molecular weight is 292 g/mol. The van der Waals surface area contributed by atoms with Gasteiger partial charge in [-0.3, -0.25) is 9.89 Å². The van der Waals surface area contributed by atoms with E-state index in [2.05, 4.69) is 28.9 Å². The summed E-state index contributed by atoms with van der Waals surface area (Å²) in [5.41, 5.74) is 2.98. The monoisotopic (exact) mass is 292 g/mol. The van der Waals surface area contributed by atoms with Crippen molar-refractivity contribution in [2.75, 3.05) is 26.7 Å². The van der Waals surface area contributed by atoms with Crippen LogP contribution in [0.1, 0.15) is 37.2 Å². The van der Waals surface area contributed by atoms with Gasteiger partial charge in [-0.1, -0.05) is 0 Å². The highest BCUT2D eigenvalue weighted by molar-refractivity contribution is 5.79. The van der Waals surface area contributed by atoms with Crippen LogP contribution in [-0.4, -0.2) is 58.6 Å². The minimum absolute atomic E-state index is 0.186. The summed E-state index contributed by atoms with van der Waals surface area (Å²) >= 11 is 0. The van der Waals surface area contributed by atoms with Crippen LogP contribution in [0.2, 0.25) is 0 Å². The first kappa shape index (κ1) is 16.0. The normalized spacial score (nSPS) is 19.4. The molecule has 1 aliphatic rings. The summed E-state index contributed by atoms with van der Waals surface area (Å²) in [6.07, 6.45) is 1.64. The highest BCUT2D eigenvalue weighted by Gasteiger charge is 2.26. The van der Waals surface area contributed by atoms with E-state index in [9.17, 15) is 4.79 Å². The number of aryl methyl sites for hydroxylation is 2. The molecule has 1 aromatic rings. The van der Waals surface area contributed by atoms with Crippen LogP contribution in [0.3, 0.4) is 0 Å². The minimum Gasteiger partial charge on any atom is -0.345 e. The topological polar surface area (TPSA) is 52.2 Å². The third-order valence-electron chi connectivity index (χ3n) is 4.61. The van der Waals surface area contributed by atoms with Crippen molar-refractivity contribution in [2.24, 2.45) is 5.92 Å². The van der Waals surface area contributed by atoms with Crippen molar-refractivity contribution >= 4 is 5.91 Å². The van der Waals surface area contributed by atoms with Crippen molar-refractivity contribution < 1.29 is 4.79 Å². The number of carbonyl (C=O) groups is 1. The Bertz CT molecular complexity index is 475. The van der Waals surface area contributed by atoms with Crippen molar-refractivity contribution in [3.8, 4) is 0 Å². The number of nitrogens with one attached hydrogen (secondary N) is 1. The van der Waals surface area contributed by atoms with Gasteiger partial charge in [-0.25, -0.2) is 0 Å². The molecule has 0 aliphatic carbocycles. The second kappa shape index (κ2) is 6.60. The van der Waals surface area contributed by atoms with Gasteiger partial charge in [0.05, 0.1) is 12.1 Å². The summed E-state index contributed by atoms with van der Waals surface area (Å²) in [6, 6.07) is 0.604. The van der Waals surface area contributed by atoms with Crippen LogP contribution in [0.15, 0.2) is 0 Å². The summed E-state index contributed by atoms with van der Waals surface area (Å²) in [6.45, 7) is 11.5. The predicted molar refractivity (Wildman–Crippen MR) is 84.2 cm³/mol. The quantitative estimate of drug-likeness (QED) is 0.899. The van der Waals surface area contributed by atoms with Gasteiger partial charge in [-0.05, 0) is 46.6 Å². The van der Waals surface area contributed by atoms with Gasteiger partial charge in [0.2, 0.25) is 5.91 Å². The molecule has 1 N–H and O–H groups in total. The molecule has 0 spiro atoms. The molecule has 2 rings (SSSR count). The highest BCUT2D eigenvalue weighted by atomic mass is 16.2. The number of aromatic nitrogens is 2. The number of aromatic amines is 1. The summed E-state index contributed by atoms with van der Waals surface area (Å²) in [4.78, 5) is 16.8. The molecule has 1 atom stereocenters. The van der Waals surface area contributed by atoms with E-state index >= 15 is 0 Å². The molecule has 2 heterocycles. The van der Waals surface area contributed by atoms with Crippen molar-refractivity contribution in [3.05, 3.63) is 17.0 Å². The van der Waals surface area contributed by atoms with E-state index in [1.54, 1.807) is 0 Å². The van der Waals surface area contributed by atoms with Crippen molar-refractivity contribution in [1.82, 2.24) is 20.0 Å². The maximum atomic E-state index is 12.4. The number of amides is 1.